The molecule has 1 N–H and O–H groups in total. The van der Waals surface area contributed by atoms with Crippen molar-refractivity contribution >= 4 is 29.7 Å². The van der Waals surface area contributed by atoms with Gasteiger partial charge in [0.15, 0.2) is 11.6 Å². The molecular formula is C32H24O6. The van der Waals surface area contributed by atoms with E-state index in [1.54, 1.807) is 84.9 Å². The molecule has 0 radical (unpaired) electrons. The van der Waals surface area contributed by atoms with Crippen molar-refractivity contribution in [2.45, 2.75) is 6.61 Å². The first-order valence-corrected chi connectivity index (χ1v) is 11.8. The first kappa shape index (κ1) is 26.2. The summed E-state index contributed by atoms with van der Waals surface area (Å²) in [5.74, 6) is -0.514. The minimum atomic E-state index is -0.532. The molecule has 0 atom stereocenters. The average Bonchev–Trinajstić information content (AvgIpc) is 2.96. The summed E-state index contributed by atoms with van der Waals surface area (Å²) in [6.45, 7) is 0.0971. The lowest BCUT2D eigenvalue weighted by Crippen LogP contribution is -2.08. The van der Waals surface area contributed by atoms with Gasteiger partial charge in [0, 0.05) is 11.1 Å². The van der Waals surface area contributed by atoms with Crippen LogP contribution >= 0.6 is 0 Å². The number of hydrogen-bond acceptors (Lipinski definition) is 6. The highest BCUT2D eigenvalue weighted by Crippen LogP contribution is 2.17. The molecule has 6 nitrogen and oxygen atoms in total. The zero-order valence-corrected chi connectivity index (χ0v) is 20.3. The van der Waals surface area contributed by atoms with Crippen molar-refractivity contribution in [1.82, 2.24) is 0 Å². The zero-order chi connectivity index (χ0) is 26.7. The molecule has 0 heterocycles. The third-order valence-electron chi connectivity index (χ3n) is 5.62. The summed E-state index contributed by atoms with van der Waals surface area (Å²) in [6, 6.07) is 29.2. The standard InChI is InChI=1S/C32H24O6/c33-30(26-4-2-1-3-5-26)20-13-24-10-14-28(15-11-24)32(35)38-29-18-16-27(17-19-29)31(34)21-12-23-6-8-25(9-7-23)22-37-36/h1-21,36H,22H2. The lowest BCUT2D eigenvalue weighted by molar-refractivity contribution is -0.253. The molecule has 0 aliphatic rings. The highest BCUT2D eigenvalue weighted by atomic mass is 17.1. The van der Waals surface area contributed by atoms with Crippen LogP contribution in [0, 0.1) is 0 Å². The molecule has 0 aliphatic carbocycles. The number of ketones is 2. The zero-order valence-electron chi connectivity index (χ0n) is 20.3. The normalized spacial score (nSPS) is 11.1. The number of allylic oxidation sites excluding steroid dienone is 2. The Labute approximate surface area is 220 Å². The molecule has 0 bridgehead atoms. The largest absolute Gasteiger partial charge is 0.423 e. The van der Waals surface area contributed by atoms with Gasteiger partial charge in [0.2, 0.25) is 0 Å². The number of carbonyl (C=O) groups excluding carboxylic acids is 3. The second-order valence-corrected chi connectivity index (χ2v) is 8.31. The SMILES string of the molecule is O=C(C=Cc1ccc(C(=O)Oc2ccc(C(=O)C=Cc3ccc(COO)cc3)cc2)cc1)c1ccccc1. The van der Waals surface area contributed by atoms with Crippen LogP contribution in [0.3, 0.4) is 0 Å². The lowest BCUT2D eigenvalue weighted by Gasteiger charge is -2.05. The van der Waals surface area contributed by atoms with Crippen LogP contribution in [0.25, 0.3) is 12.2 Å². The Kier molecular flexibility index (Phi) is 8.86. The topological polar surface area (TPSA) is 89.9 Å². The second-order valence-electron chi connectivity index (χ2n) is 8.31. The molecule has 0 aromatic heterocycles. The minimum Gasteiger partial charge on any atom is -0.423 e. The van der Waals surface area contributed by atoms with Crippen molar-refractivity contribution in [3.63, 3.8) is 0 Å². The Balaban J connectivity index is 1.31. The van der Waals surface area contributed by atoms with E-state index in [1.165, 1.54) is 12.2 Å². The third kappa shape index (κ3) is 7.30. The maximum absolute atomic E-state index is 12.5. The second kappa shape index (κ2) is 12.9. The van der Waals surface area contributed by atoms with Crippen LogP contribution in [0.15, 0.2) is 115 Å². The quantitative estimate of drug-likeness (QED) is 0.0646. The highest BCUT2D eigenvalue weighted by Gasteiger charge is 2.10. The van der Waals surface area contributed by atoms with E-state index >= 15 is 0 Å². The van der Waals surface area contributed by atoms with Crippen molar-refractivity contribution in [3.8, 4) is 5.75 Å². The van der Waals surface area contributed by atoms with Gasteiger partial charge >= 0.3 is 5.97 Å². The van der Waals surface area contributed by atoms with Crippen LogP contribution in [0.2, 0.25) is 0 Å². The fourth-order valence-corrected chi connectivity index (χ4v) is 3.52. The predicted molar refractivity (Wildman–Crippen MR) is 145 cm³/mol. The van der Waals surface area contributed by atoms with E-state index in [0.29, 0.717) is 22.4 Å². The van der Waals surface area contributed by atoms with E-state index in [9.17, 15) is 14.4 Å². The van der Waals surface area contributed by atoms with Crippen molar-refractivity contribution in [2.75, 3.05) is 0 Å². The van der Waals surface area contributed by atoms with Gasteiger partial charge in [0.1, 0.15) is 12.4 Å². The van der Waals surface area contributed by atoms with Crippen molar-refractivity contribution in [2.24, 2.45) is 0 Å². The molecule has 0 unspecified atom stereocenters. The fourth-order valence-electron chi connectivity index (χ4n) is 3.52. The predicted octanol–water partition coefficient (Wildman–Crippen LogP) is 6.69. The molecule has 0 saturated heterocycles. The number of esters is 1. The van der Waals surface area contributed by atoms with Gasteiger partial charge in [-0.2, -0.15) is 0 Å². The molecule has 188 valence electrons. The van der Waals surface area contributed by atoms with E-state index < -0.39 is 5.97 Å². The summed E-state index contributed by atoms with van der Waals surface area (Å²) in [5, 5.41) is 8.49. The van der Waals surface area contributed by atoms with Crippen molar-refractivity contribution in [3.05, 3.63) is 149 Å². The van der Waals surface area contributed by atoms with Gasteiger partial charge in [0.05, 0.1) is 5.56 Å². The fraction of sp³-hybridized carbons (Fsp3) is 0.0312. The summed E-state index contributed by atoms with van der Waals surface area (Å²) in [6.07, 6.45) is 6.33. The van der Waals surface area contributed by atoms with E-state index in [1.807, 2.05) is 30.3 Å². The first-order chi connectivity index (χ1) is 18.5. The molecule has 4 aromatic rings. The maximum atomic E-state index is 12.5. The summed E-state index contributed by atoms with van der Waals surface area (Å²) < 4.78 is 5.42. The van der Waals surface area contributed by atoms with Crippen LogP contribution in [0.5, 0.6) is 5.75 Å². The monoisotopic (exact) mass is 504 g/mol. The average molecular weight is 505 g/mol. The molecule has 0 aliphatic heterocycles. The Morgan fingerprint density at radius 1 is 0.605 bits per heavy atom. The van der Waals surface area contributed by atoms with Crippen molar-refractivity contribution in [1.29, 1.82) is 0 Å². The third-order valence-corrected chi connectivity index (χ3v) is 5.62. The van der Waals surface area contributed by atoms with E-state index in [0.717, 1.165) is 16.7 Å². The van der Waals surface area contributed by atoms with Gasteiger partial charge in [-0.15, -0.1) is 0 Å². The molecular weight excluding hydrogens is 480 g/mol. The summed E-state index contributed by atoms with van der Waals surface area (Å²) >= 11 is 0. The smallest absolute Gasteiger partial charge is 0.343 e. The summed E-state index contributed by atoms with van der Waals surface area (Å²) in [4.78, 5) is 41.3. The van der Waals surface area contributed by atoms with Gasteiger partial charge in [-0.3, -0.25) is 14.8 Å². The Bertz CT molecular complexity index is 1450. The van der Waals surface area contributed by atoms with Crippen LogP contribution in [0.1, 0.15) is 47.8 Å². The molecule has 6 heteroatoms. The Morgan fingerprint density at radius 2 is 1.11 bits per heavy atom. The van der Waals surface area contributed by atoms with Crippen LogP contribution in [-0.2, 0) is 11.5 Å². The lowest BCUT2D eigenvalue weighted by atomic mass is 10.1. The summed E-state index contributed by atoms with van der Waals surface area (Å²) in [7, 11) is 0. The number of rotatable bonds is 10. The van der Waals surface area contributed by atoms with Gasteiger partial charge in [0.25, 0.3) is 0 Å². The molecule has 0 fully saturated rings. The van der Waals surface area contributed by atoms with Crippen LogP contribution in [-0.4, -0.2) is 22.8 Å². The summed E-state index contributed by atoms with van der Waals surface area (Å²) in [5.41, 5.74) is 3.83. The number of carbonyl (C=O) groups is 3. The van der Waals surface area contributed by atoms with Crippen LogP contribution < -0.4 is 4.74 Å². The van der Waals surface area contributed by atoms with E-state index in [4.69, 9.17) is 9.99 Å². The molecule has 0 saturated carbocycles. The van der Waals surface area contributed by atoms with Crippen molar-refractivity contribution < 1.29 is 29.3 Å². The number of benzene rings is 4. The van der Waals surface area contributed by atoms with Gasteiger partial charge in [-0.1, -0.05) is 78.9 Å². The maximum Gasteiger partial charge on any atom is 0.343 e. The molecule has 0 amide bonds. The van der Waals surface area contributed by atoms with Gasteiger partial charge in [-0.05, 0) is 65.2 Å². The molecule has 4 aromatic carbocycles. The van der Waals surface area contributed by atoms with E-state index in [2.05, 4.69) is 4.89 Å². The molecule has 38 heavy (non-hydrogen) atoms. The Hall–Kier alpha value is -4.91. The highest BCUT2D eigenvalue weighted by molar-refractivity contribution is 6.07. The molecule has 4 rings (SSSR count). The molecule has 0 spiro atoms. The minimum absolute atomic E-state index is 0.0971. The van der Waals surface area contributed by atoms with Crippen LogP contribution in [0.4, 0.5) is 0 Å². The van der Waals surface area contributed by atoms with Gasteiger partial charge < -0.3 is 4.74 Å². The number of ether oxygens (including phenoxy) is 1. The Morgan fingerprint density at radius 3 is 1.66 bits per heavy atom. The van der Waals surface area contributed by atoms with E-state index in [-0.39, 0.29) is 18.2 Å². The van der Waals surface area contributed by atoms with Gasteiger partial charge in [-0.25, -0.2) is 9.68 Å². The first-order valence-electron chi connectivity index (χ1n) is 11.8. The number of hydrogen-bond donors (Lipinski definition) is 1.